The van der Waals surface area contributed by atoms with E-state index in [9.17, 15) is 9.18 Å². The second-order valence-corrected chi connectivity index (χ2v) is 7.84. The summed E-state index contributed by atoms with van der Waals surface area (Å²) < 4.78 is 13.0. The van der Waals surface area contributed by atoms with Crippen molar-refractivity contribution >= 4 is 28.9 Å². The molecule has 0 aliphatic carbocycles. The van der Waals surface area contributed by atoms with E-state index in [1.165, 1.54) is 17.8 Å². The number of rotatable bonds is 5. The molecule has 0 radical (unpaired) electrons. The quantitative estimate of drug-likeness (QED) is 0.623. The van der Waals surface area contributed by atoms with Gasteiger partial charge in [-0.25, -0.2) is 4.39 Å². The lowest BCUT2D eigenvalue weighted by Gasteiger charge is -2.36. The first-order chi connectivity index (χ1) is 14.6. The standard InChI is InChI=1S/C24H23ClFN3O/c25-20-4-10-23(11-5-20)29-14-12-28(13-15-29)17-18-2-1-3-19(16-18)24(30)27-22-8-6-21(26)7-9-22/h1-11,16H,12-15,17H2,(H,27,30). The van der Waals surface area contributed by atoms with E-state index in [1.54, 1.807) is 18.2 Å². The van der Waals surface area contributed by atoms with E-state index in [0.717, 1.165) is 43.3 Å². The van der Waals surface area contributed by atoms with E-state index in [2.05, 4.69) is 27.2 Å². The summed E-state index contributed by atoms with van der Waals surface area (Å²) in [6.07, 6.45) is 0. The van der Waals surface area contributed by atoms with Gasteiger partial charge in [0.15, 0.2) is 0 Å². The molecule has 0 spiro atoms. The summed E-state index contributed by atoms with van der Waals surface area (Å²) in [6.45, 7) is 4.61. The Labute approximate surface area is 180 Å². The number of carbonyl (C=O) groups is 1. The zero-order chi connectivity index (χ0) is 20.9. The molecule has 3 aromatic carbocycles. The topological polar surface area (TPSA) is 35.6 Å². The number of hydrogen-bond donors (Lipinski definition) is 1. The molecule has 1 aliphatic rings. The highest BCUT2D eigenvalue weighted by Crippen LogP contribution is 2.20. The maximum absolute atomic E-state index is 13.0. The van der Waals surface area contributed by atoms with Crippen molar-refractivity contribution in [3.05, 3.63) is 94.8 Å². The molecule has 154 valence electrons. The summed E-state index contributed by atoms with van der Waals surface area (Å²) >= 11 is 5.98. The van der Waals surface area contributed by atoms with Crippen LogP contribution in [0.1, 0.15) is 15.9 Å². The molecule has 1 fully saturated rings. The fourth-order valence-corrected chi connectivity index (χ4v) is 3.75. The molecular weight excluding hydrogens is 401 g/mol. The highest BCUT2D eigenvalue weighted by atomic mass is 35.5. The Morgan fingerprint density at radius 1 is 0.933 bits per heavy atom. The second-order valence-electron chi connectivity index (χ2n) is 7.40. The highest BCUT2D eigenvalue weighted by Gasteiger charge is 2.18. The van der Waals surface area contributed by atoms with E-state index in [1.807, 2.05) is 30.3 Å². The lowest BCUT2D eigenvalue weighted by Crippen LogP contribution is -2.45. The fraction of sp³-hybridized carbons (Fsp3) is 0.208. The van der Waals surface area contributed by atoms with Gasteiger partial charge in [0, 0.05) is 54.7 Å². The van der Waals surface area contributed by atoms with Crippen molar-refractivity contribution in [3.8, 4) is 0 Å². The van der Waals surface area contributed by atoms with Gasteiger partial charge in [0.05, 0.1) is 0 Å². The molecule has 1 aliphatic heterocycles. The second kappa shape index (κ2) is 9.28. The van der Waals surface area contributed by atoms with Crippen LogP contribution in [0.4, 0.5) is 15.8 Å². The number of anilines is 2. The van der Waals surface area contributed by atoms with Crippen molar-refractivity contribution in [3.63, 3.8) is 0 Å². The Bertz CT molecular complexity index is 1000. The van der Waals surface area contributed by atoms with Gasteiger partial charge in [0.2, 0.25) is 0 Å². The monoisotopic (exact) mass is 423 g/mol. The van der Waals surface area contributed by atoms with Gasteiger partial charge in [0.25, 0.3) is 5.91 Å². The molecule has 0 bridgehead atoms. The van der Waals surface area contributed by atoms with Crippen LogP contribution in [0.2, 0.25) is 5.02 Å². The Balaban J connectivity index is 1.34. The molecule has 0 aromatic heterocycles. The van der Waals surface area contributed by atoms with Crippen LogP contribution in [0.5, 0.6) is 0 Å². The summed E-state index contributed by atoms with van der Waals surface area (Å²) in [6, 6.07) is 21.4. The summed E-state index contributed by atoms with van der Waals surface area (Å²) in [4.78, 5) is 17.3. The van der Waals surface area contributed by atoms with E-state index in [-0.39, 0.29) is 11.7 Å². The van der Waals surface area contributed by atoms with Crippen LogP contribution in [0, 0.1) is 5.82 Å². The maximum Gasteiger partial charge on any atom is 0.255 e. The summed E-state index contributed by atoms with van der Waals surface area (Å²) in [7, 11) is 0. The first-order valence-corrected chi connectivity index (χ1v) is 10.3. The molecule has 0 atom stereocenters. The van der Waals surface area contributed by atoms with E-state index < -0.39 is 0 Å². The van der Waals surface area contributed by atoms with Crippen LogP contribution in [-0.2, 0) is 6.54 Å². The zero-order valence-corrected chi connectivity index (χ0v) is 17.3. The average Bonchev–Trinajstić information content (AvgIpc) is 2.77. The third-order valence-electron chi connectivity index (χ3n) is 5.26. The van der Waals surface area contributed by atoms with E-state index >= 15 is 0 Å². The van der Waals surface area contributed by atoms with Crippen LogP contribution in [-0.4, -0.2) is 37.0 Å². The highest BCUT2D eigenvalue weighted by molar-refractivity contribution is 6.30. The molecule has 4 rings (SSSR count). The predicted molar refractivity (Wildman–Crippen MR) is 120 cm³/mol. The van der Waals surface area contributed by atoms with Gasteiger partial charge in [-0.15, -0.1) is 0 Å². The van der Waals surface area contributed by atoms with E-state index in [0.29, 0.717) is 11.3 Å². The van der Waals surface area contributed by atoms with Crippen LogP contribution in [0.3, 0.4) is 0 Å². The lowest BCUT2D eigenvalue weighted by molar-refractivity contribution is 0.102. The minimum atomic E-state index is -0.328. The third-order valence-corrected chi connectivity index (χ3v) is 5.51. The van der Waals surface area contributed by atoms with Crippen molar-refractivity contribution in [2.24, 2.45) is 0 Å². The van der Waals surface area contributed by atoms with Gasteiger partial charge >= 0.3 is 0 Å². The smallest absolute Gasteiger partial charge is 0.255 e. The van der Waals surface area contributed by atoms with Crippen molar-refractivity contribution in [2.45, 2.75) is 6.54 Å². The van der Waals surface area contributed by atoms with Crippen molar-refractivity contribution in [2.75, 3.05) is 36.4 Å². The average molecular weight is 424 g/mol. The minimum Gasteiger partial charge on any atom is -0.369 e. The number of halogens is 2. The normalized spacial score (nSPS) is 14.5. The van der Waals surface area contributed by atoms with E-state index in [4.69, 9.17) is 11.6 Å². The molecule has 30 heavy (non-hydrogen) atoms. The third kappa shape index (κ3) is 5.17. The number of nitrogens with one attached hydrogen (secondary N) is 1. The number of piperazine rings is 1. The molecule has 0 saturated carbocycles. The van der Waals surface area contributed by atoms with Crippen LogP contribution in [0.25, 0.3) is 0 Å². The van der Waals surface area contributed by atoms with Gasteiger partial charge in [-0.05, 0) is 66.2 Å². The molecule has 4 nitrogen and oxygen atoms in total. The molecule has 6 heteroatoms. The fourth-order valence-electron chi connectivity index (χ4n) is 3.62. The molecule has 1 N–H and O–H groups in total. The van der Waals surface area contributed by atoms with Gasteiger partial charge in [-0.2, -0.15) is 0 Å². The summed E-state index contributed by atoms with van der Waals surface area (Å²) in [5.74, 6) is -0.526. The Morgan fingerprint density at radius 2 is 1.63 bits per heavy atom. The SMILES string of the molecule is O=C(Nc1ccc(F)cc1)c1cccc(CN2CCN(c3ccc(Cl)cc3)CC2)c1. The number of benzene rings is 3. The van der Waals surface area contributed by atoms with Crippen molar-refractivity contribution < 1.29 is 9.18 Å². The van der Waals surface area contributed by atoms with Crippen molar-refractivity contribution in [1.82, 2.24) is 4.90 Å². The first-order valence-electron chi connectivity index (χ1n) is 9.95. The largest absolute Gasteiger partial charge is 0.369 e. The molecule has 0 unspecified atom stereocenters. The van der Waals surface area contributed by atoms with Gasteiger partial charge in [0.1, 0.15) is 5.82 Å². The minimum absolute atomic E-state index is 0.198. The lowest BCUT2D eigenvalue weighted by atomic mass is 10.1. The van der Waals surface area contributed by atoms with Crippen LogP contribution in [0.15, 0.2) is 72.8 Å². The van der Waals surface area contributed by atoms with Crippen LogP contribution < -0.4 is 10.2 Å². The molecule has 1 heterocycles. The Hall–Kier alpha value is -2.89. The molecule has 3 aromatic rings. The number of hydrogen-bond acceptors (Lipinski definition) is 3. The molecule has 1 saturated heterocycles. The Kier molecular flexibility index (Phi) is 6.31. The predicted octanol–water partition coefficient (Wildman–Crippen LogP) is 5.05. The maximum atomic E-state index is 13.0. The van der Waals surface area contributed by atoms with Crippen LogP contribution >= 0.6 is 11.6 Å². The zero-order valence-electron chi connectivity index (χ0n) is 16.5. The summed E-state index contributed by atoms with van der Waals surface area (Å²) in [5.41, 5.74) is 3.46. The van der Waals surface area contributed by atoms with Gasteiger partial charge in [-0.1, -0.05) is 23.7 Å². The molecule has 1 amide bonds. The summed E-state index contributed by atoms with van der Waals surface area (Å²) in [5, 5.41) is 3.56. The molecular formula is C24H23ClFN3O. The Morgan fingerprint density at radius 3 is 2.33 bits per heavy atom. The number of nitrogens with zero attached hydrogens (tertiary/aromatic N) is 2. The van der Waals surface area contributed by atoms with Gasteiger partial charge < -0.3 is 10.2 Å². The van der Waals surface area contributed by atoms with Gasteiger partial charge in [-0.3, -0.25) is 9.69 Å². The van der Waals surface area contributed by atoms with Crippen molar-refractivity contribution in [1.29, 1.82) is 0 Å². The number of amides is 1. The number of carbonyl (C=O) groups excluding carboxylic acids is 1. The first kappa shape index (κ1) is 20.4.